The summed E-state index contributed by atoms with van der Waals surface area (Å²) < 4.78 is 5.78. The molecule has 28 heavy (non-hydrogen) atoms. The highest BCUT2D eigenvalue weighted by Crippen LogP contribution is 2.24. The van der Waals surface area contributed by atoms with Gasteiger partial charge in [-0.3, -0.25) is 0 Å². The quantitative estimate of drug-likeness (QED) is 0.208. The molecule has 2 nitrogen and oxygen atoms in total. The fraction of sp³-hybridized carbons (Fsp3) is 0.654. The first-order valence-corrected chi connectivity index (χ1v) is 11.8. The van der Waals surface area contributed by atoms with Crippen LogP contribution < -0.4 is 0 Å². The molecule has 0 amide bonds. The molecule has 0 bridgehead atoms. The Bertz CT molecular complexity index is 549. The Hall–Kier alpha value is -1.57. The molecule has 156 valence electrons. The summed E-state index contributed by atoms with van der Waals surface area (Å²) >= 11 is 0. The van der Waals surface area contributed by atoms with Gasteiger partial charge in [-0.1, -0.05) is 101 Å². The van der Waals surface area contributed by atoms with Crippen molar-refractivity contribution in [3.05, 3.63) is 48.0 Å². The SMILES string of the molecule is CCCCCCCC/C=C/CCCCCCCC1=N[C@@H](c2ccccc2)CO1. The number of benzene rings is 1. The smallest absolute Gasteiger partial charge is 0.184 e. The Balaban J connectivity index is 1.39. The van der Waals surface area contributed by atoms with Crippen LogP contribution in [0.25, 0.3) is 0 Å². The van der Waals surface area contributed by atoms with E-state index in [2.05, 4.69) is 49.4 Å². The lowest BCUT2D eigenvalue weighted by Crippen LogP contribution is -1.99. The molecule has 0 aromatic heterocycles. The van der Waals surface area contributed by atoms with Gasteiger partial charge in [0, 0.05) is 6.42 Å². The first kappa shape index (κ1) is 22.7. The van der Waals surface area contributed by atoms with Crippen LogP contribution in [0.2, 0.25) is 0 Å². The Morgan fingerprint density at radius 2 is 1.43 bits per heavy atom. The molecule has 1 aromatic rings. The van der Waals surface area contributed by atoms with Gasteiger partial charge in [0.25, 0.3) is 0 Å². The van der Waals surface area contributed by atoms with E-state index in [-0.39, 0.29) is 6.04 Å². The lowest BCUT2D eigenvalue weighted by molar-refractivity contribution is 0.310. The highest BCUT2D eigenvalue weighted by Gasteiger charge is 2.19. The summed E-state index contributed by atoms with van der Waals surface area (Å²) in [5, 5.41) is 0. The summed E-state index contributed by atoms with van der Waals surface area (Å²) in [6.07, 6.45) is 23.2. The summed E-state index contributed by atoms with van der Waals surface area (Å²) in [5.74, 6) is 0.964. The van der Waals surface area contributed by atoms with Gasteiger partial charge in [0.15, 0.2) is 5.90 Å². The monoisotopic (exact) mass is 383 g/mol. The highest BCUT2D eigenvalue weighted by molar-refractivity contribution is 5.77. The highest BCUT2D eigenvalue weighted by atomic mass is 16.5. The first-order valence-electron chi connectivity index (χ1n) is 11.8. The fourth-order valence-corrected chi connectivity index (χ4v) is 3.75. The second-order valence-electron chi connectivity index (χ2n) is 8.09. The summed E-state index contributed by atoms with van der Waals surface area (Å²) in [6.45, 7) is 2.99. The number of hydrogen-bond donors (Lipinski definition) is 0. The van der Waals surface area contributed by atoms with Crippen molar-refractivity contribution in [2.75, 3.05) is 6.61 Å². The van der Waals surface area contributed by atoms with Crippen LogP contribution in [0.1, 0.15) is 108 Å². The van der Waals surface area contributed by atoms with E-state index in [4.69, 9.17) is 9.73 Å². The maximum Gasteiger partial charge on any atom is 0.184 e. The van der Waals surface area contributed by atoms with Gasteiger partial charge in [-0.05, 0) is 37.7 Å². The topological polar surface area (TPSA) is 21.6 Å². The van der Waals surface area contributed by atoms with Gasteiger partial charge in [-0.15, -0.1) is 0 Å². The summed E-state index contributed by atoms with van der Waals surface area (Å²) in [5.41, 5.74) is 1.27. The van der Waals surface area contributed by atoms with Crippen LogP contribution >= 0.6 is 0 Å². The zero-order chi connectivity index (χ0) is 19.7. The zero-order valence-corrected chi connectivity index (χ0v) is 18.1. The minimum Gasteiger partial charge on any atom is -0.478 e. The summed E-state index contributed by atoms with van der Waals surface area (Å²) in [6, 6.07) is 10.7. The van der Waals surface area contributed by atoms with Gasteiger partial charge in [0.1, 0.15) is 12.6 Å². The lowest BCUT2D eigenvalue weighted by Gasteiger charge is -2.03. The van der Waals surface area contributed by atoms with Crippen LogP contribution in [0.3, 0.4) is 0 Å². The molecule has 1 heterocycles. The number of allylic oxidation sites excluding steroid dienone is 2. The minimum atomic E-state index is 0.208. The average Bonchev–Trinajstić information content (AvgIpc) is 3.20. The molecule has 0 fully saturated rings. The van der Waals surface area contributed by atoms with Gasteiger partial charge < -0.3 is 4.74 Å². The molecule has 0 spiro atoms. The van der Waals surface area contributed by atoms with Gasteiger partial charge in [-0.2, -0.15) is 0 Å². The van der Waals surface area contributed by atoms with Crippen LogP contribution in [-0.4, -0.2) is 12.5 Å². The number of aliphatic imine (C=N–C) groups is 1. The third kappa shape index (κ3) is 10.1. The Labute approximate surface area is 173 Å². The standard InChI is InChI=1S/C26H41NO/c1-2-3-4-5-6-7-8-9-10-11-12-13-14-15-19-22-26-27-25(23-28-26)24-20-17-16-18-21-24/h9-10,16-18,20-21,25H,2-8,11-15,19,22-23H2,1H3/b10-9+/t25-/m1/s1. The van der Waals surface area contributed by atoms with Crippen molar-refractivity contribution in [1.29, 1.82) is 0 Å². The molecule has 1 aliphatic rings. The molecule has 0 saturated heterocycles. The second kappa shape index (κ2) is 15.4. The largest absolute Gasteiger partial charge is 0.478 e. The minimum absolute atomic E-state index is 0.208. The van der Waals surface area contributed by atoms with Crippen LogP contribution in [-0.2, 0) is 4.74 Å². The second-order valence-corrected chi connectivity index (χ2v) is 8.09. The van der Waals surface area contributed by atoms with Crippen LogP contribution in [0.5, 0.6) is 0 Å². The molecule has 1 aliphatic heterocycles. The van der Waals surface area contributed by atoms with E-state index in [1.54, 1.807) is 0 Å². The molecule has 0 aliphatic carbocycles. The van der Waals surface area contributed by atoms with E-state index < -0.39 is 0 Å². The number of hydrogen-bond acceptors (Lipinski definition) is 2. The molecule has 2 rings (SSSR count). The molecule has 0 saturated carbocycles. The summed E-state index contributed by atoms with van der Waals surface area (Å²) in [7, 11) is 0. The fourth-order valence-electron chi connectivity index (χ4n) is 3.75. The Morgan fingerprint density at radius 1 is 0.821 bits per heavy atom. The first-order chi connectivity index (χ1) is 13.9. The predicted molar refractivity (Wildman–Crippen MR) is 122 cm³/mol. The van der Waals surface area contributed by atoms with E-state index in [0.717, 1.165) is 12.3 Å². The predicted octanol–water partition coefficient (Wildman–Crippen LogP) is 8.19. The van der Waals surface area contributed by atoms with Gasteiger partial charge in [0.2, 0.25) is 0 Å². The van der Waals surface area contributed by atoms with E-state index in [9.17, 15) is 0 Å². The van der Waals surface area contributed by atoms with Crippen molar-refractivity contribution >= 4 is 5.90 Å². The average molecular weight is 384 g/mol. The summed E-state index contributed by atoms with van der Waals surface area (Å²) in [4.78, 5) is 4.75. The zero-order valence-electron chi connectivity index (χ0n) is 18.1. The normalized spacial score (nSPS) is 16.5. The Kier molecular flexibility index (Phi) is 12.5. The molecular formula is C26H41NO. The molecule has 2 heteroatoms. The van der Waals surface area contributed by atoms with Crippen molar-refractivity contribution in [1.82, 2.24) is 0 Å². The van der Waals surface area contributed by atoms with Gasteiger partial charge >= 0.3 is 0 Å². The number of rotatable bonds is 16. The van der Waals surface area contributed by atoms with Gasteiger partial charge in [0.05, 0.1) is 0 Å². The van der Waals surface area contributed by atoms with E-state index in [1.807, 2.05) is 0 Å². The number of nitrogens with zero attached hydrogens (tertiary/aromatic N) is 1. The molecule has 0 radical (unpaired) electrons. The van der Waals surface area contributed by atoms with Crippen molar-refractivity contribution in [3.8, 4) is 0 Å². The van der Waals surface area contributed by atoms with Gasteiger partial charge in [-0.25, -0.2) is 4.99 Å². The van der Waals surface area contributed by atoms with E-state index in [1.165, 1.54) is 89.0 Å². The third-order valence-electron chi connectivity index (χ3n) is 5.54. The van der Waals surface area contributed by atoms with Crippen molar-refractivity contribution in [3.63, 3.8) is 0 Å². The van der Waals surface area contributed by atoms with Crippen molar-refractivity contribution < 1.29 is 4.74 Å². The van der Waals surface area contributed by atoms with E-state index in [0.29, 0.717) is 6.61 Å². The third-order valence-corrected chi connectivity index (χ3v) is 5.54. The molecule has 1 aromatic carbocycles. The van der Waals surface area contributed by atoms with Crippen LogP contribution in [0.15, 0.2) is 47.5 Å². The molecule has 1 atom stereocenters. The lowest BCUT2D eigenvalue weighted by atomic mass is 10.1. The van der Waals surface area contributed by atoms with Crippen LogP contribution in [0, 0.1) is 0 Å². The molecule has 0 unspecified atom stereocenters. The Morgan fingerprint density at radius 3 is 2.11 bits per heavy atom. The van der Waals surface area contributed by atoms with Crippen molar-refractivity contribution in [2.45, 2.75) is 103 Å². The van der Waals surface area contributed by atoms with Crippen LogP contribution in [0.4, 0.5) is 0 Å². The van der Waals surface area contributed by atoms with E-state index >= 15 is 0 Å². The molecule has 0 N–H and O–H groups in total. The molecular weight excluding hydrogens is 342 g/mol. The number of ether oxygens (including phenoxy) is 1. The maximum atomic E-state index is 5.78. The van der Waals surface area contributed by atoms with Crippen molar-refractivity contribution in [2.24, 2.45) is 4.99 Å². The maximum absolute atomic E-state index is 5.78. The number of unbranched alkanes of at least 4 members (excludes halogenated alkanes) is 11.